The van der Waals surface area contributed by atoms with Crippen LogP contribution in [0.15, 0.2) is 53.4 Å². The van der Waals surface area contributed by atoms with Crippen LogP contribution in [0.3, 0.4) is 0 Å². The topological polar surface area (TPSA) is 94.9 Å². The quantitative estimate of drug-likeness (QED) is 0.383. The lowest BCUT2D eigenvalue weighted by Crippen LogP contribution is -2.36. The Balaban J connectivity index is 1.53. The molecule has 0 N–H and O–H groups in total. The van der Waals surface area contributed by atoms with Crippen LogP contribution in [0.1, 0.15) is 70.5 Å². The molecule has 0 saturated heterocycles. The fourth-order valence-corrected chi connectivity index (χ4v) is 7.22. The van der Waals surface area contributed by atoms with Crippen molar-refractivity contribution in [2.45, 2.75) is 63.0 Å². The van der Waals surface area contributed by atoms with Crippen molar-refractivity contribution in [3.63, 3.8) is 0 Å². The third-order valence-corrected chi connectivity index (χ3v) is 9.80. The van der Waals surface area contributed by atoms with E-state index >= 15 is 0 Å². The molecular weight excluding hydrogens is 516 g/mol. The van der Waals surface area contributed by atoms with Gasteiger partial charge in [0.2, 0.25) is 10.0 Å². The maximum atomic E-state index is 13.7. The SMILES string of the molecule is CC[C@@H]1CN(Cc2cc(C(COC=O)c3cc4c(n3C)CCCC4=O)ccc2C)S(=O)(=O)c2ccccc2O1. The molecule has 8 nitrogen and oxygen atoms in total. The van der Waals surface area contributed by atoms with Crippen molar-refractivity contribution in [2.75, 3.05) is 13.2 Å². The molecule has 3 aromatic rings. The van der Waals surface area contributed by atoms with Crippen molar-refractivity contribution in [2.24, 2.45) is 7.05 Å². The van der Waals surface area contributed by atoms with Crippen molar-refractivity contribution in [3.05, 3.63) is 82.2 Å². The minimum atomic E-state index is -3.80. The average Bonchev–Trinajstić information content (AvgIpc) is 3.21. The Hall–Kier alpha value is -3.43. The second kappa shape index (κ2) is 11.0. The van der Waals surface area contributed by atoms with Gasteiger partial charge in [-0.15, -0.1) is 0 Å². The molecule has 1 aliphatic carbocycles. The van der Waals surface area contributed by atoms with Gasteiger partial charge in [0.05, 0.1) is 12.5 Å². The number of benzene rings is 2. The number of Topliss-reactive ketones (excluding diaryl/α,β-unsaturated/α-hetero) is 1. The van der Waals surface area contributed by atoms with E-state index in [1.54, 1.807) is 24.3 Å². The molecule has 5 rings (SSSR count). The molecule has 0 saturated carbocycles. The Morgan fingerprint density at radius 2 is 1.95 bits per heavy atom. The zero-order valence-corrected chi connectivity index (χ0v) is 23.4. The molecule has 1 unspecified atom stereocenters. The maximum Gasteiger partial charge on any atom is 0.293 e. The molecule has 2 atom stereocenters. The predicted octanol–water partition coefficient (Wildman–Crippen LogP) is 4.52. The molecule has 9 heteroatoms. The summed E-state index contributed by atoms with van der Waals surface area (Å²) in [6, 6.07) is 14.6. The number of carbonyl (C=O) groups is 2. The van der Waals surface area contributed by atoms with Crippen molar-refractivity contribution in [3.8, 4) is 5.75 Å². The number of ketones is 1. The highest BCUT2D eigenvalue weighted by molar-refractivity contribution is 7.89. The lowest BCUT2D eigenvalue weighted by molar-refractivity contribution is -0.129. The minimum Gasteiger partial charge on any atom is -0.488 e. The molecule has 206 valence electrons. The van der Waals surface area contributed by atoms with E-state index < -0.39 is 10.0 Å². The number of hydrogen-bond acceptors (Lipinski definition) is 6. The van der Waals surface area contributed by atoms with Crippen LogP contribution in [-0.2, 0) is 39.6 Å². The fraction of sp³-hybridized carbons (Fsp3) is 0.400. The molecule has 1 aromatic heterocycles. The first-order valence-electron chi connectivity index (χ1n) is 13.4. The molecule has 2 aromatic carbocycles. The summed E-state index contributed by atoms with van der Waals surface area (Å²) in [6.07, 6.45) is 2.58. The maximum absolute atomic E-state index is 13.7. The number of ether oxygens (including phenoxy) is 2. The van der Waals surface area contributed by atoms with Gasteiger partial charge in [0, 0.05) is 37.0 Å². The molecule has 0 radical (unpaired) electrons. The number of aryl methyl sites for hydroxylation is 1. The second-order valence-electron chi connectivity index (χ2n) is 10.3. The van der Waals surface area contributed by atoms with Crippen molar-refractivity contribution >= 4 is 22.3 Å². The third-order valence-electron chi connectivity index (χ3n) is 7.95. The highest BCUT2D eigenvalue weighted by Gasteiger charge is 2.34. The summed E-state index contributed by atoms with van der Waals surface area (Å²) in [5.74, 6) is 0.203. The van der Waals surface area contributed by atoms with Crippen LogP contribution in [0.4, 0.5) is 0 Å². The standard InChI is InChI=1S/C30H34N2O6S/c1-4-23-17-32(39(35,36)30-11-6-5-10-29(30)38-23)16-22-14-21(13-12-20(22)2)25(18-37-19-33)27-15-24-26(31(27)3)8-7-9-28(24)34/h5-6,10-15,19,23,25H,4,7-9,16-18H2,1-3H3/t23-,25?/m1/s1. The van der Waals surface area contributed by atoms with Crippen LogP contribution in [-0.4, -0.2) is 48.8 Å². The van der Waals surface area contributed by atoms with Crippen molar-refractivity contribution in [1.29, 1.82) is 0 Å². The van der Waals surface area contributed by atoms with Gasteiger partial charge in [-0.2, -0.15) is 4.31 Å². The molecule has 39 heavy (non-hydrogen) atoms. The summed E-state index contributed by atoms with van der Waals surface area (Å²) < 4.78 is 42.3. The zero-order chi connectivity index (χ0) is 27.7. The van der Waals surface area contributed by atoms with E-state index in [9.17, 15) is 18.0 Å². The van der Waals surface area contributed by atoms with E-state index in [0.29, 0.717) is 25.1 Å². The molecule has 1 aliphatic heterocycles. The number of hydrogen-bond donors (Lipinski definition) is 0. The van der Waals surface area contributed by atoms with Crippen LogP contribution in [0.5, 0.6) is 5.75 Å². The Bertz CT molecular complexity index is 1510. The van der Waals surface area contributed by atoms with Gasteiger partial charge in [-0.05, 0) is 61.1 Å². The monoisotopic (exact) mass is 550 g/mol. The molecular formula is C30H34N2O6S. The fourth-order valence-electron chi connectivity index (χ4n) is 5.65. The molecule has 2 aliphatic rings. The Kier molecular flexibility index (Phi) is 7.64. The van der Waals surface area contributed by atoms with Gasteiger partial charge < -0.3 is 14.0 Å². The first-order chi connectivity index (χ1) is 18.7. The highest BCUT2D eigenvalue weighted by atomic mass is 32.2. The Morgan fingerprint density at radius 3 is 2.69 bits per heavy atom. The van der Waals surface area contributed by atoms with Crippen molar-refractivity contribution < 1.29 is 27.5 Å². The highest BCUT2D eigenvalue weighted by Crippen LogP contribution is 2.35. The predicted molar refractivity (Wildman–Crippen MR) is 146 cm³/mol. The summed E-state index contributed by atoms with van der Waals surface area (Å²) in [4.78, 5) is 24.0. The summed E-state index contributed by atoms with van der Waals surface area (Å²) in [5.41, 5.74) is 5.33. The van der Waals surface area contributed by atoms with E-state index in [-0.39, 0.29) is 42.4 Å². The normalized spacial score (nSPS) is 19.4. The van der Waals surface area contributed by atoms with E-state index in [2.05, 4.69) is 0 Å². The van der Waals surface area contributed by atoms with Gasteiger partial charge in [-0.3, -0.25) is 9.59 Å². The van der Waals surface area contributed by atoms with Gasteiger partial charge in [0.15, 0.2) is 5.78 Å². The summed E-state index contributed by atoms with van der Waals surface area (Å²) in [6.45, 7) is 4.90. The lowest BCUT2D eigenvalue weighted by Gasteiger charge is -2.25. The van der Waals surface area contributed by atoms with Gasteiger partial charge in [-0.25, -0.2) is 8.42 Å². The summed E-state index contributed by atoms with van der Waals surface area (Å²) in [5, 5.41) is 0. The first-order valence-corrected chi connectivity index (χ1v) is 14.8. The number of aromatic nitrogens is 1. The second-order valence-corrected chi connectivity index (χ2v) is 12.2. The van der Waals surface area contributed by atoms with Crippen molar-refractivity contribution in [1.82, 2.24) is 8.87 Å². The number of sulfonamides is 1. The average molecular weight is 551 g/mol. The summed E-state index contributed by atoms with van der Waals surface area (Å²) >= 11 is 0. The smallest absolute Gasteiger partial charge is 0.293 e. The minimum absolute atomic E-state index is 0.109. The van der Waals surface area contributed by atoms with Gasteiger partial charge in [0.1, 0.15) is 23.4 Å². The molecule has 0 spiro atoms. The van der Waals surface area contributed by atoms with Crippen LogP contribution in [0, 0.1) is 6.92 Å². The number of fused-ring (bicyclic) bond motifs is 2. The zero-order valence-electron chi connectivity index (χ0n) is 22.6. The van der Waals surface area contributed by atoms with E-state index in [4.69, 9.17) is 9.47 Å². The molecule has 2 heterocycles. The third kappa shape index (κ3) is 5.13. The number of rotatable bonds is 8. The largest absolute Gasteiger partial charge is 0.488 e. The molecule has 0 amide bonds. The lowest BCUT2D eigenvalue weighted by atomic mass is 9.92. The Morgan fingerprint density at radius 1 is 1.15 bits per heavy atom. The first kappa shape index (κ1) is 27.1. The molecule has 0 bridgehead atoms. The van der Waals surface area contributed by atoms with Crippen LogP contribution >= 0.6 is 0 Å². The van der Waals surface area contributed by atoms with Crippen LogP contribution in [0.25, 0.3) is 0 Å². The van der Waals surface area contributed by atoms with E-state index in [1.165, 1.54) is 4.31 Å². The Labute approximate surface area is 229 Å². The number of para-hydroxylation sites is 1. The number of carbonyl (C=O) groups excluding carboxylic acids is 2. The van der Waals surface area contributed by atoms with E-state index in [1.807, 2.05) is 49.7 Å². The molecule has 0 fully saturated rings. The van der Waals surface area contributed by atoms with Gasteiger partial charge in [-0.1, -0.05) is 37.3 Å². The van der Waals surface area contributed by atoms with Crippen LogP contribution < -0.4 is 4.74 Å². The van der Waals surface area contributed by atoms with E-state index in [0.717, 1.165) is 46.5 Å². The van der Waals surface area contributed by atoms with Gasteiger partial charge >= 0.3 is 0 Å². The van der Waals surface area contributed by atoms with Crippen LogP contribution in [0.2, 0.25) is 0 Å². The summed E-state index contributed by atoms with van der Waals surface area (Å²) in [7, 11) is -1.85. The number of nitrogens with zero attached hydrogens (tertiary/aromatic N) is 2. The van der Waals surface area contributed by atoms with Gasteiger partial charge in [0.25, 0.3) is 6.47 Å².